The summed E-state index contributed by atoms with van der Waals surface area (Å²) in [4.78, 5) is 37.6. The van der Waals surface area contributed by atoms with Gasteiger partial charge in [-0.1, -0.05) is 339 Å². The molecule has 0 aromatic heterocycles. The third-order valence-corrected chi connectivity index (χ3v) is 16.6. The highest BCUT2D eigenvalue weighted by Gasteiger charge is 2.22. The van der Waals surface area contributed by atoms with Crippen molar-refractivity contribution in [2.75, 3.05) is 47.5 Å². The van der Waals surface area contributed by atoms with Crippen molar-refractivity contribution in [3.05, 3.63) is 146 Å². The fourth-order valence-electron chi connectivity index (χ4n) is 10.7. The van der Waals surface area contributed by atoms with Gasteiger partial charge in [-0.15, -0.1) is 0 Å². The summed E-state index contributed by atoms with van der Waals surface area (Å²) in [5, 5.41) is 11.9. The van der Waals surface area contributed by atoms with Crippen molar-refractivity contribution >= 4 is 17.9 Å². The molecule has 0 saturated carbocycles. The number of unbranched alkanes of at least 4 members (excludes halogenated alkanes) is 32. The Morgan fingerprint density at radius 3 is 0.842 bits per heavy atom. The Labute approximate surface area is 585 Å². The molecule has 0 heterocycles. The van der Waals surface area contributed by atoms with Gasteiger partial charge in [0.15, 0.2) is 12.4 Å². The van der Waals surface area contributed by atoms with Gasteiger partial charge in [0.1, 0.15) is 13.2 Å². The zero-order chi connectivity index (χ0) is 69.0. The van der Waals surface area contributed by atoms with Gasteiger partial charge >= 0.3 is 11.9 Å². The average Bonchev–Trinajstić information content (AvgIpc) is 3.58. The highest BCUT2D eigenvalue weighted by atomic mass is 16.7. The summed E-state index contributed by atoms with van der Waals surface area (Å²) < 4.78 is 22.9. The first-order valence-corrected chi connectivity index (χ1v) is 39.0. The Bertz CT molecular complexity index is 2080. The second kappa shape index (κ2) is 75.0. The minimum absolute atomic E-state index is 0.142. The van der Waals surface area contributed by atoms with Crippen LogP contribution in [0.4, 0.5) is 0 Å². The summed E-state index contributed by atoms with van der Waals surface area (Å²) in [5.74, 6) is -2.28. The van der Waals surface area contributed by atoms with E-state index in [2.05, 4.69) is 160 Å². The molecule has 0 amide bonds. The van der Waals surface area contributed by atoms with E-state index >= 15 is 0 Å². The maximum Gasteiger partial charge on any atom is 0.306 e. The predicted molar refractivity (Wildman–Crippen MR) is 407 cm³/mol. The predicted octanol–water partition coefficient (Wildman–Crippen LogP) is 23.7. The van der Waals surface area contributed by atoms with Crippen LogP contribution in [0.1, 0.15) is 322 Å². The molecule has 0 rings (SSSR count). The molecule has 0 aromatic carbocycles. The summed E-state index contributed by atoms with van der Waals surface area (Å²) in [6.07, 6.45) is 107. The second-order valence-electron chi connectivity index (χ2n) is 26.9. The van der Waals surface area contributed by atoms with Gasteiger partial charge in [0.25, 0.3) is 0 Å². The first-order chi connectivity index (χ1) is 46.6. The van der Waals surface area contributed by atoms with E-state index in [1.807, 2.05) is 21.1 Å². The molecule has 0 spiro atoms. The Morgan fingerprint density at radius 2 is 0.568 bits per heavy atom. The van der Waals surface area contributed by atoms with E-state index in [0.29, 0.717) is 17.4 Å². The normalized spacial score (nSPS) is 13.5. The number of nitrogens with zero attached hydrogens (tertiary/aromatic N) is 1. The molecular weight excluding hydrogens is 1170 g/mol. The van der Waals surface area contributed by atoms with Crippen molar-refractivity contribution in [2.45, 2.75) is 334 Å². The Morgan fingerprint density at radius 1 is 0.316 bits per heavy atom. The molecule has 0 aliphatic heterocycles. The number of hydrogen-bond acceptors (Lipinski definition) is 8. The lowest BCUT2D eigenvalue weighted by Gasteiger charge is -2.26. The van der Waals surface area contributed by atoms with E-state index < -0.39 is 24.3 Å². The fourth-order valence-corrected chi connectivity index (χ4v) is 10.7. The second-order valence-corrected chi connectivity index (χ2v) is 26.9. The largest absolute Gasteiger partial charge is 0.545 e. The molecule has 95 heavy (non-hydrogen) atoms. The minimum atomic E-state index is -1.63. The number of ether oxygens (including phenoxy) is 4. The highest BCUT2D eigenvalue weighted by molar-refractivity contribution is 5.70. The van der Waals surface area contributed by atoms with Gasteiger partial charge in [-0.2, -0.15) is 0 Å². The lowest BCUT2D eigenvalue weighted by atomic mass is 10.0. The van der Waals surface area contributed by atoms with Crippen molar-refractivity contribution < 1.29 is 42.9 Å². The molecule has 0 fully saturated rings. The van der Waals surface area contributed by atoms with Crippen LogP contribution in [0.15, 0.2) is 146 Å². The zero-order valence-electron chi connectivity index (χ0n) is 62.0. The van der Waals surface area contributed by atoms with Crippen molar-refractivity contribution in [3.8, 4) is 0 Å². The van der Waals surface area contributed by atoms with Gasteiger partial charge in [0, 0.05) is 12.8 Å². The number of carbonyl (C=O) groups is 3. The molecule has 9 nitrogen and oxygen atoms in total. The fraction of sp³-hybridized carbons (Fsp3) is 0.686. The third-order valence-electron chi connectivity index (χ3n) is 16.6. The molecule has 542 valence electrons. The van der Waals surface area contributed by atoms with Crippen LogP contribution in [-0.4, -0.2) is 82.3 Å². The number of rotatable bonds is 71. The molecule has 0 saturated heterocycles. The maximum absolute atomic E-state index is 13.0. The van der Waals surface area contributed by atoms with E-state index in [1.165, 1.54) is 167 Å². The summed E-state index contributed by atoms with van der Waals surface area (Å²) in [6, 6.07) is 0. The van der Waals surface area contributed by atoms with Gasteiger partial charge < -0.3 is 33.3 Å². The van der Waals surface area contributed by atoms with Crippen LogP contribution in [0.3, 0.4) is 0 Å². The van der Waals surface area contributed by atoms with E-state index in [4.69, 9.17) is 18.9 Å². The molecule has 0 bridgehead atoms. The van der Waals surface area contributed by atoms with Crippen molar-refractivity contribution in [3.63, 3.8) is 0 Å². The molecule has 2 atom stereocenters. The molecular formula is C86H145NO8. The number of carboxylic acid groups (broad SMARTS) is 1. The topological polar surface area (TPSA) is 111 Å². The first kappa shape index (κ1) is 90.2. The molecule has 0 aliphatic carbocycles. The molecule has 0 aromatic rings. The van der Waals surface area contributed by atoms with Crippen LogP contribution in [0.2, 0.25) is 0 Å². The molecule has 9 heteroatoms. The SMILES string of the molecule is CC/C=C\C/C=C\C/C=C\C/C=C\C/C=C\C/C=C\C/C=C\C/C=C\CCCCCCCCCCCCC(=O)OC(COC(=O)CCCCCCCCCCCCCCCCCCCCCCCC/C=C\C/C=C\C/C=C\C/C=C\CC)COC(OCC[N+](C)(C)C)C(=O)[O-]. The minimum Gasteiger partial charge on any atom is -0.545 e. The number of carboxylic acids is 1. The number of carbonyl (C=O) groups excluding carboxylic acids is 3. The number of allylic oxidation sites excluding steroid dienone is 24. The number of quaternary nitrogens is 1. The summed E-state index contributed by atoms with van der Waals surface area (Å²) in [5.41, 5.74) is 0. The summed E-state index contributed by atoms with van der Waals surface area (Å²) in [7, 11) is 5.93. The third kappa shape index (κ3) is 76.4. The Kier molecular flexibility index (Phi) is 71.1. The van der Waals surface area contributed by atoms with Crippen LogP contribution in [0.5, 0.6) is 0 Å². The van der Waals surface area contributed by atoms with Crippen molar-refractivity contribution in [1.82, 2.24) is 0 Å². The van der Waals surface area contributed by atoms with E-state index in [-0.39, 0.29) is 38.6 Å². The Hall–Kier alpha value is -4.83. The smallest absolute Gasteiger partial charge is 0.306 e. The van der Waals surface area contributed by atoms with E-state index in [9.17, 15) is 19.5 Å². The average molecular weight is 1320 g/mol. The quantitative estimate of drug-likeness (QED) is 0.0195. The van der Waals surface area contributed by atoms with E-state index in [0.717, 1.165) is 122 Å². The molecule has 0 N–H and O–H groups in total. The van der Waals surface area contributed by atoms with Gasteiger partial charge in [-0.3, -0.25) is 9.59 Å². The van der Waals surface area contributed by atoms with Gasteiger partial charge in [0.05, 0.1) is 40.3 Å². The number of likely N-dealkylation sites (N-methyl/N-ethyl adjacent to an activating group) is 1. The van der Waals surface area contributed by atoms with Gasteiger partial charge in [-0.25, -0.2) is 0 Å². The lowest BCUT2D eigenvalue weighted by Crippen LogP contribution is -2.44. The lowest BCUT2D eigenvalue weighted by molar-refractivity contribution is -0.870. The summed E-state index contributed by atoms with van der Waals surface area (Å²) in [6.45, 7) is 4.54. The highest BCUT2D eigenvalue weighted by Crippen LogP contribution is 2.18. The maximum atomic E-state index is 13.0. The zero-order valence-corrected chi connectivity index (χ0v) is 62.0. The van der Waals surface area contributed by atoms with Crippen molar-refractivity contribution in [2.24, 2.45) is 0 Å². The van der Waals surface area contributed by atoms with E-state index in [1.54, 1.807) is 0 Å². The van der Waals surface area contributed by atoms with Crippen molar-refractivity contribution in [1.29, 1.82) is 0 Å². The Balaban J connectivity index is 4.07. The standard InChI is InChI=1S/C86H145NO8/c1-6-8-10-12-14-16-18-20-22-24-26-28-30-32-34-36-38-40-42-44-46-48-50-52-54-56-58-60-62-64-66-68-70-72-74-76-83(88)93-80-82(81-94-86(85(90)91)92-79-78-87(3,4)5)95-84(89)77-75-73-71-69-67-65-63-61-59-57-55-53-51-49-47-45-43-41-39-37-35-33-31-29-27-25-23-21-19-17-15-13-11-9-7-2/h8-11,14-17,20-23,26-29,33,35,39,41,45,47,51,53,82,86H,6-7,12-13,18-19,24-25,30-32,34,36-38,40,42-44,46,48-50,52,54-81H2,1-5H3/b10-8-,11-9-,16-14-,17-15-,22-20-,23-21-,28-26-,29-27-,35-33-,41-39-,47-45-,53-51-. The molecule has 0 radical (unpaired) electrons. The molecule has 2 unspecified atom stereocenters. The first-order valence-electron chi connectivity index (χ1n) is 39.0. The number of hydrogen-bond donors (Lipinski definition) is 0. The van der Waals surface area contributed by atoms with Crippen LogP contribution < -0.4 is 5.11 Å². The van der Waals surface area contributed by atoms with Gasteiger partial charge in [-0.05, 0) is 116 Å². The number of aliphatic carboxylic acids is 1. The summed E-state index contributed by atoms with van der Waals surface area (Å²) >= 11 is 0. The van der Waals surface area contributed by atoms with Crippen LogP contribution >= 0.6 is 0 Å². The monoisotopic (exact) mass is 1320 g/mol. The molecule has 0 aliphatic rings. The van der Waals surface area contributed by atoms with Crippen LogP contribution in [-0.2, 0) is 33.3 Å². The number of esters is 2. The van der Waals surface area contributed by atoms with Crippen LogP contribution in [0, 0.1) is 0 Å². The van der Waals surface area contributed by atoms with Gasteiger partial charge in [0.2, 0.25) is 0 Å². The van der Waals surface area contributed by atoms with Crippen LogP contribution in [0.25, 0.3) is 0 Å².